The van der Waals surface area contributed by atoms with Crippen molar-refractivity contribution in [1.82, 2.24) is 0 Å². The van der Waals surface area contributed by atoms with E-state index >= 15 is 0 Å². The summed E-state index contributed by atoms with van der Waals surface area (Å²) in [5, 5.41) is 0. The van der Waals surface area contributed by atoms with Gasteiger partial charge in [-0.05, 0) is 37.0 Å². The molecule has 0 aliphatic heterocycles. The molecule has 5 heteroatoms. The smallest absolute Gasteiger partial charge is 0.201 e. The van der Waals surface area contributed by atoms with Crippen molar-refractivity contribution in [2.24, 2.45) is 0 Å². The fourth-order valence-electron chi connectivity index (χ4n) is 2.94. The first-order chi connectivity index (χ1) is 13.0. The van der Waals surface area contributed by atoms with Gasteiger partial charge >= 0.3 is 0 Å². The largest absolute Gasteiger partial charge is 0.490 e. The first kappa shape index (κ1) is 21.3. The normalized spacial score (nSPS) is 11.0. The lowest BCUT2D eigenvalue weighted by atomic mass is 9.99. The van der Waals surface area contributed by atoms with Crippen LogP contribution in [0, 0.1) is 23.3 Å². The summed E-state index contributed by atoms with van der Waals surface area (Å²) in [5.74, 6) is -4.79. The Morgan fingerprint density at radius 1 is 0.667 bits per heavy atom. The Morgan fingerprint density at radius 3 is 1.93 bits per heavy atom. The first-order valence-corrected chi connectivity index (χ1v) is 9.59. The van der Waals surface area contributed by atoms with Crippen molar-refractivity contribution in [3.05, 3.63) is 53.1 Å². The topological polar surface area (TPSA) is 9.23 Å². The first-order valence-electron chi connectivity index (χ1n) is 9.59. The van der Waals surface area contributed by atoms with Crippen LogP contribution in [0.1, 0.15) is 57.9 Å². The average Bonchev–Trinajstić information content (AvgIpc) is 2.66. The summed E-state index contributed by atoms with van der Waals surface area (Å²) in [5.41, 5.74) is -0.355. The van der Waals surface area contributed by atoms with Crippen molar-refractivity contribution < 1.29 is 22.3 Å². The molecule has 2 rings (SSSR count). The number of halogens is 4. The molecule has 0 saturated heterocycles. The van der Waals surface area contributed by atoms with Crippen molar-refractivity contribution in [2.45, 2.75) is 58.8 Å². The second-order valence-corrected chi connectivity index (χ2v) is 6.65. The van der Waals surface area contributed by atoms with E-state index in [1.165, 1.54) is 24.3 Å². The minimum atomic E-state index is -1.24. The van der Waals surface area contributed by atoms with Crippen molar-refractivity contribution >= 4 is 0 Å². The van der Waals surface area contributed by atoms with Gasteiger partial charge in [-0.1, -0.05) is 51.7 Å². The second-order valence-electron chi connectivity index (χ2n) is 6.65. The lowest BCUT2D eigenvalue weighted by molar-refractivity contribution is 0.286. The summed E-state index contributed by atoms with van der Waals surface area (Å²) in [6, 6.07) is 5.23. The van der Waals surface area contributed by atoms with Gasteiger partial charge in [0, 0.05) is 11.1 Å². The summed E-state index contributed by atoms with van der Waals surface area (Å²) < 4.78 is 62.7. The molecular formula is C22H26F4O. The fourth-order valence-corrected chi connectivity index (χ4v) is 2.94. The third kappa shape index (κ3) is 5.24. The maximum atomic E-state index is 14.5. The van der Waals surface area contributed by atoms with Crippen LogP contribution in [0.15, 0.2) is 24.3 Å². The summed E-state index contributed by atoms with van der Waals surface area (Å²) in [6.45, 7) is 4.32. The number of rotatable bonds is 10. The molecule has 2 aromatic carbocycles. The van der Waals surface area contributed by atoms with Gasteiger partial charge in [-0.3, -0.25) is 0 Å². The minimum Gasteiger partial charge on any atom is -0.490 e. The van der Waals surface area contributed by atoms with E-state index in [1.54, 1.807) is 0 Å². The summed E-state index contributed by atoms with van der Waals surface area (Å²) in [4.78, 5) is 0. The van der Waals surface area contributed by atoms with Crippen LogP contribution in [0.5, 0.6) is 5.75 Å². The molecule has 27 heavy (non-hydrogen) atoms. The molecule has 0 aliphatic carbocycles. The molecule has 0 N–H and O–H groups in total. The Bertz CT molecular complexity index is 758. The molecular weight excluding hydrogens is 356 g/mol. The number of hydrogen-bond acceptors (Lipinski definition) is 1. The molecule has 0 fully saturated rings. The summed E-state index contributed by atoms with van der Waals surface area (Å²) in [7, 11) is 0. The van der Waals surface area contributed by atoms with Gasteiger partial charge in [0.25, 0.3) is 0 Å². The quantitative estimate of drug-likeness (QED) is 0.311. The zero-order chi connectivity index (χ0) is 19.8. The number of aryl methyl sites for hydroxylation is 1. The highest BCUT2D eigenvalue weighted by atomic mass is 19.2. The van der Waals surface area contributed by atoms with Gasteiger partial charge in [0.2, 0.25) is 5.82 Å². The Labute approximate surface area is 158 Å². The Hall–Kier alpha value is -2.04. The van der Waals surface area contributed by atoms with Crippen LogP contribution in [0.3, 0.4) is 0 Å². The summed E-state index contributed by atoms with van der Waals surface area (Å²) >= 11 is 0. The maximum Gasteiger partial charge on any atom is 0.201 e. The number of hydrogen-bond donors (Lipinski definition) is 0. The van der Waals surface area contributed by atoms with Gasteiger partial charge in [0.05, 0.1) is 6.61 Å². The van der Waals surface area contributed by atoms with Crippen molar-refractivity contribution in [1.29, 1.82) is 0 Å². The monoisotopic (exact) mass is 382 g/mol. The van der Waals surface area contributed by atoms with Gasteiger partial charge in [0.1, 0.15) is 0 Å². The van der Waals surface area contributed by atoms with E-state index in [1.807, 2.05) is 13.8 Å². The molecule has 0 aromatic heterocycles. The van der Waals surface area contributed by atoms with Crippen LogP contribution in [-0.2, 0) is 6.42 Å². The van der Waals surface area contributed by atoms with Gasteiger partial charge in [-0.2, -0.15) is 4.39 Å². The third-order valence-corrected chi connectivity index (χ3v) is 4.55. The van der Waals surface area contributed by atoms with Crippen LogP contribution in [-0.4, -0.2) is 6.61 Å². The van der Waals surface area contributed by atoms with Crippen molar-refractivity contribution in [3.63, 3.8) is 0 Å². The van der Waals surface area contributed by atoms with Gasteiger partial charge < -0.3 is 4.74 Å². The number of unbranched alkanes of at least 4 members (excludes halogenated alkanes) is 4. The van der Waals surface area contributed by atoms with Gasteiger partial charge in [0.15, 0.2) is 23.2 Å². The van der Waals surface area contributed by atoms with E-state index in [0.29, 0.717) is 6.42 Å². The highest BCUT2D eigenvalue weighted by Gasteiger charge is 2.21. The molecule has 0 spiro atoms. The predicted molar refractivity (Wildman–Crippen MR) is 100.0 cm³/mol. The lowest BCUT2D eigenvalue weighted by Crippen LogP contribution is -2.03. The van der Waals surface area contributed by atoms with E-state index in [0.717, 1.165) is 38.5 Å². The number of benzene rings is 2. The van der Waals surface area contributed by atoms with E-state index in [4.69, 9.17) is 4.74 Å². The van der Waals surface area contributed by atoms with Crippen molar-refractivity contribution in [3.8, 4) is 16.9 Å². The second kappa shape index (κ2) is 10.3. The van der Waals surface area contributed by atoms with E-state index < -0.39 is 23.3 Å². The van der Waals surface area contributed by atoms with Crippen LogP contribution in [0.2, 0.25) is 0 Å². The SMILES string of the molecule is CCCCCOc1ccc(-c2ccc(CCCCC)c(F)c2F)c(F)c1F. The number of ether oxygens (including phenoxy) is 1. The fraction of sp³-hybridized carbons (Fsp3) is 0.455. The standard InChI is InChI=1S/C22H26F4O/c1-3-5-7-9-15-10-11-16(20(24)19(15)23)17-12-13-18(22(26)21(17)25)27-14-8-6-4-2/h10-13H,3-9,14H2,1-2H3. The predicted octanol–water partition coefficient (Wildman–Crippen LogP) is 7.21. The van der Waals surface area contributed by atoms with Gasteiger partial charge in [-0.25, -0.2) is 13.2 Å². The highest BCUT2D eigenvalue weighted by molar-refractivity contribution is 5.66. The van der Waals surface area contributed by atoms with E-state index in [2.05, 4.69) is 0 Å². The molecule has 0 saturated carbocycles. The van der Waals surface area contributed by atoms with Crippen LogP contribution in [0.25, 0.3) is 11.1 Å². The van der Waals surface area contributed by atoms with E-state index in [-0.39, 0.29) is 29.0 Å². The molecule has 148 valence electrons. The average molecular weight is 382 g/mol. The van der Waals surface area contributed by atoms with E-state index in [9.17, 15) is 17.6 Å². The lowest BCUT2D eigenvalue weighted by Gasteiger charge is -2.12. The Morgan fingerprint density at radius 2 is 1.26 bits per heavy atom. The molecule has 0 heterocycles. The zero-order valence-electron chi connectivity index (χ0n) is 15.9. The Balaban J connectivity index is 2.25. The molecule has 0 unspecified atom stereocenters. The molecule has 0 atom stereocenters. The van der Waals surface area contributed by atoms with Crippen LogP contribution in [0.4, 0.5) is 17.6 Å². The minimum absolute atomic E-state index is 0.218. The third-order valence-electron chi connectivity index (χ3n) is 4.55. The molecule has 2 aromatic rings. The molecule has 0 aliphatic rings. The van der Waals surface area contributed by atoms with Crippen LogP contribution >= 0.6 is 0 Å². The maximum absolute atomic E-state index is 14.5. The summed E-state index contributed by atoms with van der Waals surface area (Å²) in [6.07, 6.45) is 5.70. The molecule has 0 amide bonds. The zero-order valence-corrected chi connectivity index (χ0v) is 15.9. The molecule has 1 nitrogen and oxygen atoms in total. The Kier molecular flexibility index (Phi) is 8.14. The van der Waals surface area contributed by atoms with Gasteiger partial charge in [-0.15, -0.1) is 0 Å². The highest BCUT2D eigenvalue weighted by Crippen LogP contribution is 2.33. The molecule has 0 bridgehead atoms. The van der Waals surface area contributed by atoms with Crippen molar-refractivity contribution in [2.75, 3.05) is 6.61 Å². The molecule has 0 radical (unpaired) electrons. The van der Waals surface area contributed by atoms with Crippen LogP contribution < -0.4 is 4.74 Å².